The van der Waals surface area contributed by atoms with Gasteiger partial charge in [0.2, 0.25) is 0 Å². The van der Waals surface area contributed by atoms with Gasteiger partial charge in [-0.05, 0) is 51.2 Å². The van der Waals surface area contributed by atoms with Crippen LogP contribution in [0.1, 0.15) is 34.1 Å². The second kappa shape index (κ2) is 9.53. The molecule has 0 saturated heterocycles. The zero-order valence-electron chi connectivity index (χ0n) is 20.3. The highest BCUT2D eigenvalue weighted by Crippen LogP contribution is 2.37. The van der Waals surface area contributed by atoms with Gasteiger partial charge in [0, 0.05) is 16.7 Å². The summed E-state index contributed by atoms with van der Waals surface area (Å²) in [5.74, 6) is -0.672. The zero-order valence-corrected chi connectivity index (χ0v) is 21.1. The molecule has 182 valence electrons. The monoisotopic (exact) mass is 492 g/mol. The van der Waals surface area contributed by atoms with Crippen molar-refractivity contribution in [2.45, 2.75) is 40.2 Å². The number of tetrazole rings is 1. The van der Waals surface area contributed by atoms with E-state index in [0.29, 0.717) is 23.1 Å². The second-order valence-corrected chi connectivity index (χ2v) is 11.1. The first-order valence-electron chi connectivity index (χ1n) is 11.2. The van der Waals surface area contributed by atoms with Crippen molar-refractivity contribution >= 4 is 38.1 Å². The number of aliphatic imine (C=N–C) groups is 1. The van der Waals surface area contributed by atoms with Gasteiger partial charge in [-0.25, -0.2) is 9.89 Å². The van der Waals surface area contributed by atoms with Crippen LogP contribution in [0, 0.1) is 5.41 Å². The van der Waals surface area contributed by atoms with E-state index in [2.05, 4.69) is 25.6 Å². The van der Waals surface area contributed by atoms with Crippen LogP contribution in [0.3, 0.4) is 0 Å². The van der Waals surface area contributed by atoms with Crippen LogP contribution in [0.15, 0.2) is 53.5 Å². The number of carbonyl (C=O) groups excluding carboxylic acids is 1. The first kappa shape index (κ1) is 24.5. The van der Waals surface area contributed by atoms with Crippen LogP contribution in [0.5, 0.6) is 0 Å². The number of carboxylic acid groups (broad SMARTS) is 1. The number of aromatic nitrogens is 4. The third-order valence-corrected chi connectivity index (χ3v) is 7.98. The molecular weight excluding hydrogens is 464 g/mol. The zero-order chi connectivity index (χ0) is 25.3. The third-order valence-electron chi connectivity index (χ3n) is 5.84. The summed E-state index contributed by atoms with van der Waals surface area (Å²) in [6, 6.07) is 14.5. The van der Waals surface area contributed by atoms with E-state index in [4.69, 9.17) is 0 Å². The number of benzene rings is 2. The molecule has 4 rings (SSSR count). The van der Waals surface area contributed by atoms with Crippen molar-refractivity contribution in [3.8, 4) is 22.5 Å². The molecule has 3 aromatic rings. The maximum Gasteiger partial charge on any atom is 0.331 e. The smallest absolute Gasteiger partial charge is 0.331 e. The lowest BCUT2D eigenvalue weighted by Gasteiger charge is -2.26. The Morgan fingerprint density at radius 1 is 1.11 bits per heavy atom. The minimum atomic E-state index is -0.957. The lowest BCUT2D eigenvalue weighted by molar-refractivity contribution is -0.136. The predicted octanol–water partition coefficient (Wildman–Crippen LogP) is 4.22. The van der Waals surface area contributed by atoms with Gasteiger partial charge in [-0.2, -0.15) is 4.99 Å². The van der Waals surface area contributed by atoms with E-state index < -0.39 is 27.9 Å². The van der Waals surface area contributed by atoms with Gasteiger partial charge in [0.25, 0.3) is 5.91 Å². The minimum absolute atomic E-state index is 0.274. The molecule has 2 aromatic carbocycles. The molecule has 1 aliphatic rings. The average molecular weight is 493 g/mol. The number of hydrogen-bond acceptors (Lipinski definition) is 5. The fraction of sp³-hybridized carbons (Fsp3) is 0.320. The van der Waals surface area contributed by atoms with E-state index in [1.54, 1.807) is 4.90 Å². The quantitative estimate of drug-likeness (QED) is 0.511. The highest BCUT2D eigenvalue weighted by molar-refractivity contribution is 8.29. The largest absolute Gasteiger partial charge is 0.479 e. The lowest BCUT2D eigenvalue weighted by Crippen LogP contribution is -2.44. The molecule has 0 radical (unpaired) electrons. The minimum Gasteiger partial charge on any atom is -0.479 e. The maximum atomic E-state index is 12.8. The van der Waals surface area contributed by atoms with E-state index in [9.17, 15) is 14.7 Å². The van der Waals surface area contributed by atoms with Gasteiger partial charge < -0.3 is 10.0 Å². The van der Waals surface area contributed by atoms with E-state index in [1.165, 1.54) is 0 Å². The number of hydrogen-bond donors (Lipinski definition) is 2. The Morgan fingerprint density at radius 3 is 2.31 bits per heavy atom. The molecule has 0 spiro atoms. The van der Waals surface area contributed by atoms with Crippen LogP contribution in [0.2, 0.25) is 0 Å². The number of carboxylic acids is 1. The summed E-state index contributed by atoms with van der Waals surface area (Å²) >= 11 is 0. The number of aliphatic carboxylic acids is 1. The maximum absolute atomic E-state index is 12.8. The van der Waals surface area contributed by atoms with Crippen molar-refractivity contribution in [1.82, 2.24) is 20.6 Å². The SMILES string of the molecule is CCC1=S(C)C(=NC(=O)C(C)(C)C)N(c2ccc(-c3ccccc3-c3nnn[nH]3)cc2)C1C(=O)O. The third kappa shape index (κ3) is 4.66. The molecule has 2 heterocycles. The van der Waals surface area contributed by atoms with Crippen LogP contribution >= 0.6 is 10.5 Å². The molecular formula is C25H28N6O3S. The summed E-state index contributed by atoms with van der Waals surface area (Å²) in [4.78, 5) is 32.2. The number of H-pyrrole nitrogens is 1. The normalized spacial score (nSPS) is 19.4. The van der Waals surface area contributed by atoms with Crippen LogP contribution in [-0.2, 0) is 9.59 Å². The summed E-state index contributed by atoms with van der Waals surface area (Å²) < 4.78 is 0. The number of nitrogens with one attached hydrogen (secondary N) is 1. The van der Waals surface area contributed by atoms with Gasteiger partial charge in [0.1, 0.15) is 0 Å². The van der Waals surface area contributed by atoms with E-state index >= 15 is 0 Å². The number of carbonyl (C=O) groups is 2. The van der Waals surface area contributed by atoms with Gasteiger partial charge in [-0.3, -0.25) is 4.79 Å². The number of rotatable bonds is 5. The standard InChI is InChI=1S/C25H28N6O3S/c1-6-19-20(22(32)33)31(24(35(19)5)26-23(34)25(2,3)4)16-13-11-15(12-14-16)17-9-7-8-10-18(17)21-27-29-30-28-21/h7-14,20H,6H2,1-5H3,(H,32,33)(H,27,28,29,30). The Labute approximate surface area is 206 Å². The Hall–Kier alpha value is -3.66. The molecule has 0 fully saturated rings. The van der Waals surface area contributed by atoms with Crippen molar-refractivity contribution in [3.63, 3.8) is 0 Å². The van der Waals surface area contributed by atoms with E-state index in [1.807, 2.05) is 82.5 Å². The molecule has 35 heavy (non-hydrogen) atoms. The average Bonchev–Trinajstić information content (AvgIpc) is 3.45. The molecule has 2 unspecified atom stereocenters. The summed E-state index contributed by atoms with van der Waals surface area (Å²) in [7, 11) is -0.586. The fourth-order valence-electron chi connectivity index (χ4n) is 4.00. The fourth-order valence-corrected chi connectivity index (χ4v) is 5.93. The molecule has 9 nitrogen and oxygen atoms in total. The highest BCUT2D eigenvalue weighted by atomic mass is 32.2. The number of amides is 1. The summed E-state index contributed by atoms with van der Waals surface area (Å²) in [6.45, 7) is 7.37. The molecule has 1 aliphatic heterocycles. The van der Waals surface area contributed by atoms with Crippen molar-refractivity contribution in [1.29, 1.82) is 0 Å². The van der Waals surface area contributed by atoms with Crippen LogP contribution < -0.4 is 4.90 Å². The van der Waals surface area contributed by atoms with Gasteiger partial charge in [0.15, 0.2) is 17.0 Å². The summed E-state index contributed by atoms with van der Waals surface area (Å²) in [5, 5.41) is 24.8. The number of aromatic amines is 1. The van der Waals surface area contributed by atoms with Crippen molar-refractivity contribution in [2.75, 3.05) is 11.2 Å². The van der Waals surface area contributed by atoms with Crippen molar-refractivity contribution in [3.05, 3.63) is 48.5 Å². The van der Waals surface area contributed by atoms with Gasteiger partial charge >= 0.3 is 5.97 Å². The predicted molar refractivity (Wildman–Crippen MR) is 140 cm³/mol. The van der Waals surface area contributed by atoms with Gasteiger partial charge in [0.05, 0.1) is 0 Å². The molecule has 2 atom stereocenters. The molecule has 10 heteroatoms. The van der Waals surface area contributed by atoms with E-state index in [-0.39, 0.29) is 5.91 Å². The second-order valence-electron chi connectivity index (χ2n) is 9.23. The number of amidine groups is 1. The first-order valence-corrected chi connectivity index (χ1v) is 12.9. The molecule has 1 aromatic heterocycles. The molecule has 0 aliphatic carbocycles. The Morgan fingerprint density at radius 2 is 1.77 bits per heavy atom. The van der Waals surface area contributed by atoms with Gasteiger partial charge in [-0.15, -0.1) is 15.6 Å². The number of nitrogens with zero attached hydrogens (tertiary/aromatic N) is 5. The Balaban J connectivity index is 1.79. The van der Waals surface area contributed by atoms with Crippen molar-refractivity contribution < 1.29 is 14.7 Å². The van der Waals surface area contributed by atoms with Crippen molar-refractivity contribution in [2.24, 2.45) is 10.4 Å². The summed E-state index contributed by atoms with van der Waals surface area (Å²) in [5.41, 5.74) is 2.71. The number of anilines is 1. The van der Waals surface area contributed by atoms with Crippen LogP contribution in [-0.4, -0.2) is 59.9 Å². The molecule has 1 amide bonds. The Bertz CT molecular complexity index is 1320. The molecule has 2 N–H and O–H groups in total. The van der Waals surface area contributed by atoms with Crippen LogP contribution in [0.25, 0.3) is 22.5 Å². The van der Waals surface area contributed by atoms with E-state index in [0.717, 1.165) is 21.6 Å². The Kier molecular flexibility index (Phi) is 6.66. The van der Waals surface area contributed by atoms with Crippen LogP contribution in [0.4, 0.5) is 5.69 Å². The van der Waals surface area contributed by atoms with Gasteiger partial charge in [-0.1, -0.05) is 64.1 Å². The topological polar surface area (TPSA) is 124 Å². The molecule has 0 bridgehead atoms. The highest BCUT2D eigenvalue weighted by Gasteiger charge is 2.41. The first-order chi connectivity index (χ1) is 16.6. The molecule has 0 saturated carbocycles. The lowest BCUT2D eigenvalue weighted by atomic mass is 9.96. The summed E-state index contributed by atoms with van der Waals surface area (Å²) in [6.07, 6.45) is 2.53.